The molecule has 8 heteroatoms. The average molecular weight is 659 g/mol. The van der Waals surface area contributed by atoms with Crippen LogP contribution in [0.4, 0.5) is 8.78 Å². The van der Waals surface area contributed by atoms with Crippen LogP contribution in [0.15, 0.2) is 151 Å². The van der Waals surface area contributed by atoms with Gasteiger partial charge in [-0.3, -0.25) is 5.41 Å². The number of nitrogens with one attached hydrogen (secondary N) is 1. The van der Waals surface area contributed by atoms with Crippen LogP contribution in [0, 0.1) is 5.41 Å². The minimum Gasteiger partial charge on any atom is -0.386 e. The molecule has 2 aliphatic rings. The molecule has 1 heterocycles. The number of aromatic nitrogens is 3. The van der Waals surface area contributed by atoms with Gasteiger partial charge in [0, 0.05) is 39.3 Å². The molecule has 50 heavy (non-hydrogen) atoms. The summed E-state index contributed by atoms with van der Waals surface area (Å²) in [7, 11) is 0. The Kier molecular flexibility index (Phi) is 7.76. The molecule has 0 radical (unpaired) electrons. The van der Waals surface area contributed by atoms with E-state index in [4.69, 9.17) is 30.5 Å². The number of fused-ring (bicyclic) bond motifs is 2. The molecule has 0 fully saturated rings. The third-order valence-corrected chi connectivity index (χ3v) is 9.10. The van der Waals surface area contributed by atoms with Crippen molar-refractivity contribution >= 4 is 17.4 Å². The van der Waals surface area contributed by atoms with E-state index in [9.17, 15) is 0 Å². The van der Waals surface area contributed by atoms with Gasteiger partial charge < -0.3 is 4.74 Å². The summed E-state index contributed by atoms with van der Waals surface area (Å²) < 4.78 is 38.3. The first-order valence-corrected chi connectivity index (χ1v) is 16.2. The molecule has 0 saturated carbocycles. The number of nitrogens with two attached hydrogens (primary N) is 1. The molecule has 1 atom stereocenters. The van der Waals surface area contributed by atoms with Crippen molar-refractivity contribution in [3.8, 4) is 34.2 Å². The van der Waals surface area contributed by atoms with E-state index in [0.717, 1.165) is 16.7 Å². The van der Waals surface area contributed by atoms with Gasteiger partial charge in [-0.15, -0.1) is 0 Å². The molecule has 5 aromatic carbocycles. The molecule has 0 spiro atoms. The Morgan fingerprint density at radius 2 is 1.24 bits per heavy atom. The maximum Gasteiger partial charge on any atom is 0.373 e. The lowest BCUT2D eigenvalue weighted by Crippen LogP contribution is -2.43. The highest BCUT2D eigenvalue weighted by Gasteiger charge is 2.47. The zero-order valence-corrected chi connectivity index (χ0v) is 26.7. The van der Waals surface area contributed by atoms with Gasteiger partial charge in [0.2, 0.25) is 5.90 Å². The molecular formula is C42H30F2N5O+. The second kappa shape index (κ2) is 12.6. The van der Waals surface area contributed by atoms with Crippen LogP contribution in [-0.2, 0) is 10.7 Å². The highest BCUT2D eigenvalue weighted by atomic mass is 19.3. The number of rotatable bonds is 6. The summed E-state index contributed by atoms with van der Waals surface area (Å²) in [4.78, 5) is 14.2. The minimum absolute atomic E-state index is 0.0519. The molecule has 0 amide bonds. The second-order valence-electron chi connectivity index (χ2n) is 12.2. The van der Waals surface area contributed by atoms with Crippen molar-refractivity contribution in [3.05, 3.63) is 179 Å². The fraction of sp³-hybridized carbons (Fsp3) is 0.0714. The zero-order chi connectivity index (χ0) is 34.2. The van der Waals surface area contributed by atoms with Gasteiger partial charge in [-0.2, -0.15) is 8.78 Å². The van der Waals surface area contributed by atoms with Crippen LogP contribution in [0.5, 0.6) is 0 Å². The van der Waals surface area contributed by atoms with Crippen molar-refractivity contribution in [2.45, 2.75) is 18.3 Å². The lowest BCUT2D eigenvalue weighted by Gasteiger charge is -2.23. The number of hydrogen-bond acceptors (Lipinski definition) is 5. The van der Waals surface area contributed by atoms with Crippen molar-refractivity contribution in [1.29, 1.82) is 5.41 Å². The molecule has 0 aliphatic heterocycles. The van der Waals surface area contributed by atoms with E-state index in [-0.39, 0.29) is 35.3 Å². The van der Waals surface area contributed by atoms with Gasteiger partial charge in [0.1, 0.15) is 0 Å². The van der Waals surface area contributed by atoms with Gasteiger partial charge in [0.05, 0.1) is 5.56 Å². The zero-order valence-electron chi connectivity index (χ0n) is 26.7. The van der Waals surface area contributed by atoms with E-state index < -0.39 is 5.92 Å². The number of halogens is 2. The molecule has 1 unspecified atom stereocenters. The first-order chi connectivity index (χ1) is 24.3. The lowest BCUT2D eigenvalue weighted by atomic mass is 9.84. The number of benzene rings is 5. The molecular weight excluding hydrogens is 628 g/mol. The predicted molar refractivity (Wildman–Crippen MR) is 190 cm³/mol. The van der Waals surface area contributed by atoms with Gasteiger partial charge in [-0.25, -0.2) is 20.4 Å². The van der Waals surface area contributed by atoms with E-state index in [1.54, 1.807) is 30.3 Å². The monoisotopic (exact) mass is 658 g/mol. The fourth-order valence-corrected chi connectivity index (χ4v) is 6.48. The van der Waals surface area contributed by atoms with Crippen molar-refractivity contribution in [1.82, 2.24) is 15.0 Å². The molecule has 6 nitrogen and oxygen atoms in total. The molecule has 242 valence electrons. The van der Waals surface area contributed by atoms with Crippen molar-refractivity contribution in [2.24, 2.45) is 0 Å². The topological polar surface area (TPSA) is 97.3 Å². The molecule has 2 aliphatic carbocycles. The summed E-state index contributed by atoms with van der Waals surface area (Å²) in [6.07, 6.45) is 3.95. The van der Waals surface area contributed by atoms with Gasteiger partial charge in [-0.1, -0.05) is 115 Å². The Balaban J connectivity index is 1.05. The Bertz CT molecular complexity index is 2260. The van der Waals surface area contributed by atoms with Gasteiger partial charge in [-0.05, 0) is 53.5 Å². The van der Waals surface area contributed by atoms with Crippen LogP contribution in [-0.4, -0.2) is 26.7 Å². The molecule has 1 aromatic heterocycles. The Morgan fingerprint density at radius 1 is 0.680 bits per heavy atom. The molecule has 8 rings (SSSR count). The number of ether oxygens (including phenoxy) is 1. The van der Waals surface area contributed by atoms with Crippen LogP contribution < -0.4 is 5.41 Å². The van der Waals surface area contributed by atoms with E-state index in [0.29, 0.717) is 45.3 Å². The van der Waals surface area contributed by atoms with Crippen LogP contribution in [0.3, 0.4) is 0 Å². The molecule has 0 bridgehead atoms. The largest absolute Gasteiger partial charge is 0.386 e. The van der Waals surface area contributed by atoms with Gasteiger partial charge in [0.25, 0.3) is 5.92 Å². The highest BCUT2D eigenvalue weighted by Crippen LogP contribution is 2.54. The maximum atomic E-state index is 16.4. The van der Waals surface area contributed by atoms with Crippen LogP contribution in [0.25, 0.3) is 39.7 Å². The van der Waals surface area contributed by atoms with Gasteiger partial charge in [0.15, 0.2) is 17.5 Å². The van der Waals surface area contributed by atoms with Crippen LogP contribution in [0.2, 0.25) is 0 Å². The number of hydrogen-bond donors (Lipinski definition) is 2. The fourth-order valence-electron chi connectivity index (χ4n) is 6.48. The van der Waals surface area contributed by atoms with Crippen molar-refractivity contribution in [2.75, 3.05) is 0 Å². The maximum absolute atomic E-state index is 16.4. The standard InChI is InChI=1S/C42H29F2N5O/c43-42(44)35-24-31(26-16-18-28(19-17-26)38(46)50-37(45)27-10-4-1-5-11-27)20-22-33(35)34-23-21-32(25-36(34)42)41-48-39(29-12-6-2-7-13-29)47-40(49-41)30-14-8-3-9-15-30/h1-23,25,31,45-46H,24H2/p+1. The summed E-state index contributed by atoms with van der Waals surface area (Å²) in [6, 6.07) is 40.6. The van der Waals surface area contributed by atoms with E-state index in [2.05, 4.69) is 0 Å². The van der Waals surface area contributed by atoms with E-state index in [1.807, 2.05) is 109 Å². The smallest absolute Gasteiger partial charge is 0.373 e. The number of alkyl halides is 2. The average Bonchev–Trinajstić information content (AvgIpc) is 3.40. The molecule has 6 aromatic rings. The van der Waals surface area contributed by atoms with Crippen molar-refractivity contribution < 1.29 is 18.9 Å². The first-order valence-electron chi connectivity index (χ1n) is 16.2. The Hall–Kier alpha value is -6.41. The number of allylic oxidation sites excluding steroid dienone is 4. The normalized spacial score (nSPS) is 15.7. The molecule has 0 saturated heterocycles. The Morgan fingerprint density at radius 3 is 1.84 bits per heavy atom. The van der Waals surface area contributed by atoms with Crippen LogP contribution >= 0.6 is 0 Å². The summed E-state index contributed by atoms with van der Waals surface area (Å²) in [6.45, 7) is 0. The van der Waals surface area contributed by atoms with Gasteiger partial charge >= 0.3 is 5.90 Å². The van der Waals surface area contributed by atoms with E-state index >= 15 is 8.78 Å². The molecule has 3 N–H and O–H groups in total. The Labute approximate surface area is 287 Å². The summed E-state index contributed by atoms with van der Waals surface area (Å²) in [5, 5.41) is 14.4. The van der Waals surface area contributed by atoms with Crippen molar-refractivity contribution in [3.63, 3.8) is 0 Å². The first kappa shape index (κ1) is 30.9. The number of nitrogens with zero attached hydrogens (tertiary/aromatic N) is 3. The third-order valence-electron chi connectivity index (χ3n) is 9.10. The summed E-state index contributed by atoms with van der Waals surface area (Å²) >= 11 is 0. The lowest BCUT2D eigenvalue weighted by molar-refractivity contribution is -0.130. The SMILES string of the molecule is N=C(OC(=[NH2+])c1ccc(C2C=CC3=C(C2)C(F)(F)c2cc(-c4nc(-c5ccccc5)nc(-c5ccccc5)n4)ccc23)cc1)c1ccccc1. The van der Waals surface area contributed by atoms with E-state index in [1.165, 1.54) is 6.07 Å². The summed E-state index contributed by atoms with van der Waals surface area (Å²) in [5.74, 6) is -2.13. The second-order valence-corrected chi connectivity index (χ2v) is 12.2. The minimum atomic E-state index is -3.18. The quantitative estimate of drug-likeness (QED) is 0.140. The highest BCUT2D eigenvalue weighted by molar-refractivity contribution is 6.03. The third kappa shape index (κ3) is 5.71. The summed E-state index contributed by atoms with van der Waals surface area (Å²) in [5.41, 5.74) is 5.30. The predicted octanol–water partition coefficient (Wildman–Crippen LogP) is 8.02. The van der Waals surface area contributed by atoms with Crippen LogP contribution in [0.1, 0.15) is 40.2 Å².